The first kappa shape index (κ1) is 17.3. The molecule has 1 aliphatic heterocycles. The molecular formula is C19H26N4O2. The smallest absolute Gasteiger partial charge is 0.323 e. The second-order valence-electron chi connectivity index (χ2n) is 6.73. The van der Waals surface area contributed by atoms with Gasteiger partial charge in [-0.3, -0.25) is 10.00 Å². The van der Waals surface area contributed by atoms with E-state index in [2.05, 4.69) is 30.3 Å². The number of amides is 2. The van der Waals surface area contributed by atoms with Crippen molar-refractivity contribution in [1.82, 2.24) is 14.7 Å². The van der Waals surface area contributed by atoms with Crippen LogP contribution in [0.4, 0.5) is 10.6 Å². The Morgan fingerprint density at radius 2 is 1.96 bits per heavy atom. The maximum Gasteiger partial charge on any atom is 0.323 e. The molecule has 0 aliphatic carbocycles. The molecule has 0 unspecified atom stereocenters. The number of hydrogen-bond acceptors (Lipinski definition) is 3. The largest absolute Gasteiger partial charge is 0.490 e. The normalized spacial score (nSPS) is 15.3. The highest BCUT2D eigenvalue weighted by molar-refractivity contribution is 5.88. The molecule has 0 bridgehead atoms. The van der Waals surface area contributed by atoms with Crippen LogP contribution in [0.3, 0.4) is 0 Å². The highest BCUT2D eigenvalue weighted by atomic mass is 16.5. The molecule has 1 saturated heterocycles. The van der Waals surface area contributed by atoms with E-state index in [9.17, 15) is 4.79 Å². The van der Waals surface area contributed by atoms with Crippen LogP contribution in [0.2, 0.25) is 0 Å². The van der Waals surface area contributed by atoms with E-state index in [1.807, 2.05) is 37.1 Å². The quantitative estimate of drug-likeness (QED) is 0.930. The second-order valence-corrected chi connectivity index (χ2v) is 6.73. The zero-order valence-electron chi connectivity index (χ0n) is 15.4. The van der Waals surface area contributed by atoms with Gasteiger partial charge in [-0.25, -0.2) is 4.79 Å². The number of ether oxygens (including phenoxy) is 1. The van der Waals surface area contributed by atoms with Gasteiger partial charge in [-0.05, 0) is 38.0 Å². The Bertz CT molecular complexity index is 761. The van der Waals surface area contributed by atoms with Crippen molar-refractivity contribution in [3.05, 3.63) is 41.1 Å². The van der Waals surface area contributed by atoms with Gasteiger partial charge in [-0.15, -0.1) is 0 Å². The predicted molar refractivity (Wildman–Crippen MR) is 98.1 cm³/mol. The van der Waals surface area contributed by atoms with Crippen molar-refractivity contribution in [2.24, 2.45) is 7.05 Å². The SMILES string of the molecule is Cc1cc(NC(=O)N2CCC(Oc3cccc(C)c3C)CC2)n(C)n1. The van der Waals surface area contributed by atoms with Gasteiger partial charge < -0.3 is 9.64 Å². The molecule has 0 atom stereocenters. The predicted octanol–water partition coefficient (Wildman–Crippen LogP) is 3.42. The number of aryl methyl sites for hydroxylation is 3. The molecule has 0 spiro atoms. The van der Waals surface area contributed by atoms with Gasteiger partial charge in [0.25, 0.3) is 0 Å². The number of rotatable bonds is 3. The lowest BCUT2D eigenvalue weighted by molar-refractivity contribution is 0.115. The third-order valence-corrected chi connectivity index (χ3v) is 4.81. The standard InChI is InChI=1S/C19H26N4O2/c1-13-6-5-7-17(15(13)3)25-16-8-10-23(11-9-16)19(24)20-18-12-14(2)21-22(18)4/h5-7,12,16H,8-11H2,1-4H3,(H,20,24). The van der Waals surface area contributed by atoms with Crippen molar-refractivity contribution in [3.63, 3.8) is 0 Å². The molecule has 6 nitrogen and oxygen atoms in total. The lowest BCUT2D eigenvalue weighted by Gasteiger charge is -2.32. The average Bonchev–Trinajstić information content (AvgIpc) is 2.90. The molecule has 0 saturated carbocycles. The van der Waals surface area contributed by atoms with E-state index in [4.69, 9.17) is 4.74 Å². The van der Waals surface area contributed by atoms with Gasteiger partial charge in [-0.1, -0.05) is 12.1 Å². The molecule has 3 rings (SSSR count). The first-order chi connectivity index (χ1) is 11.9. The molecular weight excluding hydrogens is 316 g/mol. The molecule has 1 fully saturated rings. The number of likely N-dealkylation sites (tertiary alicyclic amines) is 1. The van der Waals surface area contributed by atoms with Crippen LogP contribution in [-0.2, 0) is 7.05 Å². The molecule has 2 heterocycles. The second kappa shape index (κ2) is 7.17. The number of carbonyl (C=O) groups is 1. The summed E-state index contributed by atoms with van der Waals surface area (Å²) in [6, 6.07) is 7.93. The number of nitrogens with one attached hydrogen (secondary N) is 1. The Kier molecular flexibility index (Phi) is 4.97. The molecule has 2 aromatic rings. The number of carbonyl (C=O) groups excluding carboxylic acids is 1. The van der Waals surface area contributed by atoms with E-state index in [1.165, 1.54) is 11.1 Å². The van der Waals surface area contributed by atoms with Crippen LogP contribution < -0.4 is 10.1 Å². The first-order valence-corrected chi connectivity index (χ1v) is 8.73. The summed E-state index contributed by atoms with van der Waals surface area (Å²) in [4.78, 5) is 14.3. The van der Waals surface area contributed by atoms with Gasteiger partial charge in [-0.2, -0.15) is 5.10 Å². The van der Waals surface area contributed by atoms with Gasteiger partial charge in [0.1, 0.15) is 17.7 Å². The van der Waals surface area contributed by atoms with Gasteiger partial charge >= 0.3 is 6.03 Å². The molecule has 2 amide bonds. The zero-order chi connectivity index (χ0) is 18.0. The van der Waals surface area contributed by atoms with Gasteiger partial charge in [0, 0.05) is 39.0 Å². The Balaban J connectivity index is 1.54. The fourth-order valence-electron chi connectivity index (χ4n) is 3.12. The van der Waals surface area contributed by atoms with Crippen LogP contribution in [0, 0.1) is 20.8 Å². The monoisotopic (exact) mass is 342 g/mol. The van der Waals surface area contributed by atoms with Crippen LogP contribution in [0.15, 0.2) is 24.3 Å². The van der Waals surface area contributed by atoms with Crippen molar-refractivity contribution in [1.29, 1.82) is 0 Å². The lowest BCUT2D eigenvalue weighted by Crippen LogP contribution is -2.44. The minimum absolute atomic E-state index is 0.0758. The van der Waals surface area contributed by atoms with Crippen LogP contribution in [-0.4, -0.2) is 39.9 Å². The van der Waals surface area contributed by atoms with E-state index in [0.717, 1.165) is 30.1 Å². The first-order valence-electron chi connectivity index (χ1n) is 8.73. The van der Waals surface area contributed by atoms with E-state index < -0.39 is 0 Å². The van der Waals surface area contributed by atoms with E-state index in [1.54, 1.807) is 4.68 Å². The van der Waals surface area contributed by atoms with Gasteiger partial charge in [0.05, 0.1) is 5.69 Å². The number of benzene rings is 1. The van der Waals surface area contributed by atoms with Crippen molar-refractivity contribution >= 4 is 11.8 Å². The Morgan fingerprint density at radius 1 is 1.24 bits per heavy atom. The molecule has 134 valence electrons. The number of piperidine rings is 1. The lowest BCUT2D eigenvalue weighted by atomic mass is 10.1. The molecule has 1 N–H and O–H groups in total. The molecule has 25 heavy (non-hydrogen) atoms. The fraction of sp³-hybridized carbons (Fsp3) is 0.474. The molecule has 1 aromatic carbocycles. The summed E-state index contributed by atoms with van der Waals surface area (Å²) in [5.41, 5.74) is 3.31. The summed E-state index contributed by atoms with van der Waals surface area (Å²) < 4.78 is 7.85. The summed E-state index contributed by atoms with van der Waals surface area (Å²) in [7, 11) is 1.83. The zero-order valence-corrected chi connectivity index (χ0v) is 15.4. The number of aromatic nitrogens is 2. The van der Waals surface area contributed by atoms with Crippen molar-refractivity contribution in [2.75, 3.05) is 18.4 Å². The number of hydrogen-bond donors (Lipinski definition) is 1. The van der Waals surface area contributed by atoms with Gasteiger partial charge in [0.2, 0.25) is 0 Å². The summed E-state index contributed by atoms with van der Waals surface area (Å²) >= 11 is 0. The number of urea groups is 1. The van der Waals surface area contributed by atoms with E-state index >= 15 is 0 Å². The van der Waals surface area contributed by atoms with E-state index in [0.29, 0.717) is 13.1 Å². The highest BCUT2D eigenvalue weighted by Gasteiger charge is 2.25. The maximum atomic E-state index is 12.4. The summed E-state index contributed by atoms with van der Waals surface area (Å²) in [6.45, 7) is 7.47. The average molecular weight is 342 g/mol. The summed E-state index contributed by atoms with van der Waals surface area (Å²) in [6.07, 6.45) is 1.83. The third-order valence-electron chi connectivity index (χ3n) is 4.81. The Morgan fingerprint density at radius 3 is 2.60 bits per heavy atom. The fourth-order valence-corrected chi connectivity index (χ4v) is 3.12. The summed E-state index contributed by atoms with van der Waals surface area (Å²) in [5, 5.41) is 7.18. The molecule has 1 aliphatic rings. The van der Waals surface area contributed by atoms with Crippen molar-refractivity contribution in [3.8, 4) is 5.75 Å². The minimum atomic E-state index is -0.0758. The van der Waals surface area contributed by atoms with E-state index in [-0.39, 0.29) is 12.1 Å². The third kappa shape index (κ3) is 3.95. The maximum absolute atomic E-state index is 12.4. The Hall–Kier alpha value is -2.50. The van der Waals surface area contributed by atoms with Crippen molar-refractivity contribution in [2.45, 2.75) is 39.7 Å². The number of nitrogens with zero attached hydrogens (tertiary/aromatic N) is 3. The van der Waals surface area contributed by atoms with Crippen LogP contribution in [0.25, 0.3) is 0 Å². The topological polar surface area (TPSA) is 59.4 Å². The minimum Gasteiger partial charge on any atom is -0.490 e. The van der Waals surface area contributed by atoms with Crippen LogP contribution >= 0.6 is 0 Å². The Labute approximate surface area is 148 Å². The highest BCUT2D eigenvalue weighted by Crippen LogP contribution is 2.25. The molecule has 6 heteroatoms. The van der Waals surface area contributed by atoms with Crippen molar-refractivity contribution < 1.29 is 9.53 Å². The number of anilines is 1. The van der Waals surface area contributed by atoms with Crippen LogP contribution in [0.1, 0.15) is 29.7 Å². The molecule has 0 radical (unpaired) electrons. The van der Waals surface area contributed by atoms with Gasteiger partial charge in [0.15, 0.2) is 0 Å². The molecule has 1 aromatic heterocycles. The van der Waals surface area contributed by atoms with Crippen LogP contribution in [0.5, 0.6) is 5.75 Å². The summed E-state index contributed by atoms with van der Waals surface area (Å²) in [5.74, 6) is 1.67.